The summed E-state index contributed by atoms with van der Waals surface area (Å²) in [6.07, 6.45) is 1.74. The number of nitrogens with zero attached hydrogens (tertiary/aromatic N) is 1. The van der Waals surface area contributed by atoms with E-state index in [1.165, 1.54) is 0 Å². The Morgan fingerprint density at radius 2 is 2.40 bits per heavy atom. The van der Waals surface area contributed by atoms with E-state index in [1.54, 1.807) is 6.26 Å². The summed E-state index contributed by atoms with van der Waals surface area (Å²) in [5, 5.41) is 3.55. The molecule has 1 aromatic rings. The smallest absolute Gasteiger partial charge is 0.117 e. The summed E-state index contributed by atoms with van der Waals surface area (Å²) in [6.45, 7) is 9.77. The van der Waals surface area contributed by atoms with Gasteiger partial charge in [-0.3, -0.25) is 4.90 Å². The summed E-state index contributed by atoms with van der Waals surface area (Å²) in [6, 6.07) is 4.57. The summed E-state index contributed by atoms with van der Waals surface area (Å²) < 4.78 is 5.39. The molecule has 1 aliphatic rings. The summed E-state index contributed by atoms with van der Waals surface area (Å²) >= 11 is 0. The normalized spacial score (nSPS) is 26.7. The van der Waals surface area contributed by atoms with Crippen molar-refractivity contribution in [2.24, 2.45) is 0 Å². The van der Waals surface area contributed by atoms with Crippen molar-refractivity contribution in [2.75, 3.05) is 13.1 Å². The Morgan fingerprint density at radius 1 is 1.60 bits per heavy atom. The van der Waals surface area contributed by atoms with Crippen LogP contribution in [0.4, 0.5) is 0 Å². The molecule has 0 bridgehead atoms. The van der Waals surface area contributed by atoms with E-state index in [-0.39, 0.29) is 5.54 Å². The highest BCUT2D eigenvalue weighted by Crippen LogP contribution is 2.17. The van der Waals surface area contributed by atoms with Gasteiger partial charge < -0.3 is 9.73 Å². The van der Waals surface area contributed by atoms with Gasteiger partial charge in [-0.2, -0.15) is 0 Å². The molecule has 0 saturated carbocycles. The van der Waals surface area contributed by atoms with Crippen molar-refractivity contribution in [3.8, 4) is 0 Å². The Kier molecular flexibility index (Phi) is 2.85. The van der Waals surface area contributed by atoms with Crippen LogP contribution >= 0.6 is 0 Å². The number of nitrogens with one attached hydrogen (secondary N) is 1. The monoisotopic (exact) mass is 208 g/mol. The predicted octanol–water partition coefficient (Wildman–Crippen LogP) is 1.85. The largest absolute Gasteiger partial charge is 0.468 e. The van der Waals surface area contributed by atoms with Gasteiger partial charge in [0.1, 0.15) is 5.76 Å². The van der Waals surface area contributed by atoms with Gasteiger partial charge >= 0.3 is 0 Å². The van der Waals surface area contributed by atoms with Crippen LogP contribution in [0.1, 0.15) is 26.5 Å². The van der Waals surface area contributed by atoms with E-state index in [0.29, 0.717) is 6.04 Å². The number of hydrogen-bond donors (Lipinski definition) is 1. The Hall–Kier alpha value is -0.800. The van der Waals surface area contributed by atoms with Gasteiger partial charge in [0, 0.05) is 24.7 Å². The first-order valence-corrected chi connectivity index (χ1v) is 5.58. The molecule has 0 aromatic carbocycles. The number of piperazine rings is 1. The summed E-state index contributed by atoms with van der Waals surface area (Å²) in [7, 11) is 0. The first-order chi connectivity index (χ1) is 7.07. The van der Waals surface area contributed by atoms with Crippen LogP contribution in [0.15, 0.2) is 22.8 Å². The first-order valence-electron chi connectivity index (χ1n) is 5.58. The summed E-state index contributed by atoms with van der Waals surface area (Å²) in [5.74, 6) is 1.06. The van der Waals surface area contributed by atoms with Crippen LogP contribution in [0.2, 0.25) is 0 Å². The van der Waals surface area contributed by atoms with E-state index >= 15 is 0 Å². The van der Waals surface area contributed by atoms with Gasteiger partial charge in [-0.15, -0.1) is 0 Å². The van der Waals surface area contributed by atoms with Crippen LogP contribution in [0.3, 0.4) is 0 Å². The molecular formula is C12H20N2O. The molecule has 15 heavy (non-hydrogen) atoms. The minimum atomic E-state index is 0.207. The van der Waals surface area contributed by atoms with E-state index < -0.39 is 0 Å². The molecule has 1 unspecified atom stereocenters. The molecule has 0 aliphatic carbocycles. The highest BCUT2D eigenvalue weighted by molar-refractivity contribution is 5.00. The fraction of sp³-hybridized carbons (Fsp3) is 0.667. The van der Waals surface area contributed by atoms with Crippen LogP contribution in [0, 0.1) is 0 Å². The lowest BCUT2D eigenvalue weighted by atomic mass is 9.99. The highest BCUT2D eigenvalue weighted by atomic mass is 16.3. The lowest BCUT2D eigenvalue weighted by Gasteiger charge is -2.43. The minimum Gasteiger partial charge on any atom is -0.468 e. The molecule has 84 valence electrons. The molecule has 2 rings (SSSR count). The molecule has 0 radical (unpaired) electrons. The van der Waals surface area contributed by atoms with Crippen LogP contribution in [-0.4, -0.2) is 29.6 Å². The number of rotatable bonds is 2. The fourth-order valence-corrected chi connectivity index (χ4v) is 2.09. The third kappa shape index (κ3) is 2.61. The maximum absolute atomic E-state index is 5.39. The second-order valence-corrected chi connectivity index (χ2v) is 5.10. The second-order valence-electron chi connectivity index (χ2n) is 5.10. The average Bonchev–Trinajstić information content (AvgIpc) is 2.64. The number of hydrogen-bond acceptors (Lipinski definition) is 3. The predicted molar refractivity (Wildman–Crippen MR) is 60.7 cm³/mol. The molecule has 1 fully saturated rings. The third-order valence-corrected chi connectivity index (χ3v) is 3.04. The van der Waals surface area contributed by atoms with E-state index in [2.05, 4.69) is 31.0 Å². The lowest BCUT2D eigenvalue weighted by molar-refractivity contribution is 0.0908. The van der Waals surface area contributed by atoms with E-state index in [1.807, 2.05) is 12.1 Å². The van der Waals surface area contributed by atoms with Gasteiger partial charge in [0.15, 0.2) is 0 Å². The molecule has 1 atom stereocenters. The van der Waals surface area contributed by atoms with Gasteiger partial charge in [-0.1, -0.05) is 0 Å². The molecule has 2 heterocycles. The lowest BCUT2D eigenvalue weighted by Crippen LogP contribution is -2.60. The average molecular weight is 208 g/mol. The van der Waals surface area contributed by atoms with Crippen LogP contribution < -0.4 is 5.32 Å². The van der Waals surface area contributed by atoms with Gasteiger partial charge in [-0.25, -0.2) is 0 Å². The van der Waals surface area contributed by atoms with Crippen molar-refractivity contribution in [3.63, 3.8) is 0 Å². The zero-order valence-electron chi connectivity index (χ0n) is 9.79. The topological polar surface area (TPSA) is 28.4 Å². The molecule has 1 aromatic heterocycles. The van der Waals surface area contributed by atoms with Gasteiger partial charge in [0.2, 0.25) is 0 Å². The molecule has 1 aliphatic heterocycles. The van der Waals surface area contributed by atoms with E-state index in [0.717, 1.165) is 25.4 Å². The molecule has 3 heteroatoms. The van der Waals surface area contributed by atoms with Crippen molar-refractivity contribution in [3.05, 3.63) is 24.2 Å². The molecule has 0 amide bonds. The SMILES string of the molecule is CC1CNC(C)(C)CN1Cc1ccco1. The second kappa shape index (κ2) is 3.99. The first kappa shape index (κ1) is 10.7. The zero-order chi connectivity index (χ0) is 10.9. The molecular weight excluding hydrogens is 188 g/mol. The Morgan fingerprint density at radius 3 is 3.07 bits per heavy atom. The Labute approximate surface area is 91.4 Å². The fourth-order valence-electron chi connectivity index (χ4n) is 2.09. The number of furan rings is 1. The Bertz CT molecular complexity index is 305. The molecule has 3 nitrogen and oxygen atoms in total. The van der Waals surface area contributed by atoms with Crippen LogP contribution in [-0.2, 0) is 6.54 Å². The van der Waals surface area contributed by atoms with Crippen molar-refractivity contribution >= 4 is 0 Å². The van der Waals surface area contributed by atoms with Crippen molar-refractivity contribution < 1.29 is 4.42 Å². The Balaban J connectivity index is 2.01. The maximum Gasteiger partial charge on any atom is 0.117 e. The third-order valence-electron chi connectivity index (χ3n) is 3.04. The van der Waals surface area contributed by atoms with Crippen molar-refractivity contribution in [1.82, 2.24) is 10.2 Å². The molecule has 0 spiro atoms. The quantitative estimate of drug-likeness (QED) is 0.804. The van der Waals surface area contributed by atoms with E-state index in [9.17, 15) is 0 Å². The maximum atomic E-state index is 5.39. The van der Waals surface area contributed by atoms with Gasteiger partial charge in [-0.05, 0) is 32.9 Å². The molecule has 1 N–H and O–H groups in total. The van der Waals surface area contributed by atoms with Gasteiger partial charge in [0.05, 0.1) is 12.8 Å². The van der Waals surface area contributed by atoms with Gasteiger partial charge in [0.25, 0.3) is 0 Å². The van der Waals surface area contributed by atoms with Crippen LogP contribution in [0.25, 0.3) is 0 Å². The minimum absolute atomic E-state index is 0.207. The summed E-state index contributed by atoms with van der Waals surface area (Å²) in [4.78, 5) is 2.47. The summed E-state index contributed by atoms with van der Waals surface area (Å²) in [5.41, 5.74) is 0.207. The van der Waals surface area contributed by atoms with Crippen molar-refractivity contribution in [1.29, 1.82) is 0 Å². The van der Waals surface area contributed by atoms with E-state index in [4.69, 9.17) is 4.42 Å². The molecule has 1 saturated heterocycles. The standard InChI is InChI=1S/C12H20N2O/c1-10-7-13-12(2,3)9-14(10)8-11-5-4-6-15-11/h4-6,10,13H,7-9H2,1-3H3. The highest BCUT2D eigenvalue weighted by Gasteiger charge is 2.30. The van der Waals surface area contributed by atoms with Crippen LogP contribution in [0.5, 0.6) is 0 Å². The zero-order valence-corrected chi connectivity index (χ0v) is 9.79. The van der Waals surface area contributed by atoms with Crippen molar-refractivity contribution in [2.45, 2.75) is 38.9 Å².